The molecule has 120 valence electrons. The summed E-state index contributed by atoms with van der Waals surface area (Å²) in [5, 5.41) is 0. The Morgan fingerprint density at radius 3 is 2.36 bits per heavy atom. The van der Waals surface area contributed by atoms with Crippen LogP contribution in [0, 0.1) is 0 Å². The fourth-order valence-corrected chi connectivity index (χ4v) is 3.53. The van der Waals surface area contributed by atoms with Crippen molar-refractivity contribution in [1.29, 1.82) is 0 Å². The van der Waals surface area contributed by atoms with Crippen molar-refractivity contribution < 1.29 is 9.53 Å². The van der Waals surface area contributed by atoms with E-state index in [2.05, 4.69) is 24.3 Å². The minimum atomic E-state index is -0.433. The lowest BCUT2D eigenvalue weighted by Gasteiger charge is -2.33. The highest BCUT2D eigenvalue weighted by molar-refractivity contribution is 5.69. The number of amides is 1. The maximum atomic E-state index is 12.5. The van der Waals surface area contributed by atoms with E-state index in [1.807, 2.05) is 25.7 Å². The van der Waals surface area contributed by atoms with Crippen LogP contribution in [0.3, 0.4) is 0 Å². The van der Waals surface area contributed by atoms with E-state index < -0.39 is 5.60 Å². The van der Waals surface area contributed by atoms with Gasteiger partial charge >= 0.3 is 6.09 Å². The van der Waals surface area contributed by atoms with Crippen molar-refractivity contribution in [3.63, 3.8) is 0 Å². The van der Waals surface area contributed by atoms with E-state index in [4.69, 9.17) is 4.74 Å². The van der Waals surface area contributed by atoms with Crippen LogP contribution in [0.25, 0.3) is 0 Å². The largest absolute Gasteiger partial charge is 0.444 e. The summed E-state index contributed by atoms with van der Waals surface area (Å²) in [6.07, 6.45) is 5.84. The first-order valence-corrected chi connectivity index (χ1v) is 8.54. The van der Waals surface area contributed by atoms with Crippen molar-refractivity contribution in [3.8, 4) is 0 Å². The Morgan fingerprint density at radius 1 is 1.09 bits per heavy atom. The first-order chi connectivity index (χ1) is 10.5. The molecular weight excluding hydrogens is 274 g/mol. The van der Waals surface area contributed by atoms with Crippen LogP contribution in [0.1, 0.15) is 76.0 Å². The Kier molecular flexibility index (Phi) is 4.16. The zero-order valence-corrected chi connectivity index (χ0v) is 14.0. The lowest BCUT2D eigenvalue weighted by molar-refractivity contribution is 0.0223. The fourth-order valence-electron chi connectivity index (χ4n) is 3.53. The molecule has 0 radical (unpaired) electrons. The monoisotopic (exact) mass is 301 g/mol. The van der Waals surface area contributed by atoms with Crippen molar-refractivity contribution in [2.75, 3.05) is 6.54 Å². The molecule has 2 fully saturated rings. The molecule has 3 heteroatoms. The van der Waals surface area contributed by atoms with Crippen LogP contribution in [-0.4, -0.2) is 23.1 Å². The number of carbonyl (C=O) groups is 1. The van der Waals surface area contributed by atoms with Gasteiger partial charge in [-0.15, -0.1) is 0 Å². The number of ether oxygens (including phenoxy) is 1. The lowest BCUT2D eigenvalue weighted by atomic mass is 9.77. The summed E-state index contributed by atoms with van der Waals surface area (Å²) in [5.74, 6) is 0.692. The third-order valence-electron chi connectivity index (χ3n) is 4.78. The van der Waals surface area contributed by atoms with Crippen molar-refractivity contribution in [3.05, 3.63) is 35.4 Å². The standard InChI is InChI=1S/C19H27NO2/c1-19(2,3)22-18(21)20-13-7-12-17(20)16-11-5-4-10-15(16)14-8-6-9-14/h4-5,10-11,14,17H,6-9,12-13H2,1-3H3/t17-/m0/s1. The lowest BCUT2D eigenvalue weighted by Crippen LogP contribution is -2.36. The summed E-state index contributed by atoms with van der Waals surface area (Å²) in [6.45, 7) is 6.59. The topological polar surface area (TPSA) is 29.5 Å². The number of likely N-dealkylation sites (tertiary alicyclic amines) is 1. The number of carbonyl (C=O) groups excluding carboxylic acids is 1. The summed E-state index contributed by atoms with van der Waals surface area (Å²) in [7, 11) is 0. The Labute approximate surface area is 133 Å². The zero-order valence-electron chi connectivity index (χ0n) is 14.0. The normalized spacial score (nSPS) is 22.5. The minimum Gasteiger partial charge on any atom is -0.444 e. The second-order valence-corrected chi connectivity index (χ2v) is 7.59. The van der Waals surface area contributed by atoms with Gasteiger partial charge in [0.15, 0.2) is 0 Å². The van der Waals surface area contributed by atoms with E-state index in [-0.39, 0.29) is 12.1 Å². The highest BCUT2D eigenvalue weighted by Crippen LogP contribution is 2.43. The van der Waals surface area contributed by atoms with Gasteiger partial charge < -0.3 is 9.64 Å². The maximum absolute atomic E-state index is 12.5. The first-order valence-electron chi connectivity index (χ1n) is 8.54. The Bertz CT molecular complexity index is 543. The van der Waals surface area contributed by atoms with E-state index in [9.17, 15) is 4.79 Å². The molecular formula is C19H27NO2. The van der Waals surface area contributed by atoms with Crippen LogP contribution < -0.4 is 0 Å². The van der Waals surface area contributed by atoms with Crippen LogP contribution in [-0.2, 0) is 4.74 Å². The molecule has 1 saturated heterocycles. The van der Waals surface area contributed by atoms with Crippen LogP contribution in [0.2, 0.25) is 0 Å². The van der Waals surface area contributed by atoms with Gasteiger partial charge in [-0.2, -0.15) is 0 Å². The third kappa shape index (κ3) is 3.13. The molecule has 3 nitrogen and oxygen atoms in total. The summed E-state index contributed by atoms with van der Waals surface area (Å²) < 4.78 is 5.60. The maximum Gasteiger partial charge on any atom is 0.410 e. The van der Waals surface area contributed by atoms with Crippen LogP contribution in [0.5, 0.6) is 0 Å². The molecule has 2 aliphatic rings. The second kappa shape index (κ2) is 5.94. The number of benzene rings is 1. The summed E-state index contributed by atoms with van der Waals surface area (Å²) >= 11 is 0. The molecule has 1 aromatic rings. The smallest absolute Gasteiger partial charge is 0.410 e. The average Bonchev–Trinajstić information content (AvgIpc) is 2.84. The van der Waals surface area contributed by atoms with Crippen LogP contribution in [0.15, 0.2) is 24.3 Å². The van der Waals surface area contributed by atoms with Gasteiger partial charge in [-0.1, -0.05) is 30.7 Å². The Balaban J connectivity index is 1.83. The minimum absolute atomic E-state index is 0.168. The molecule has 3 rings (SSSR count). The van der Waals surface area contributed by atoms with E-state index >= 15 is 0 Å². The third-order valence-corrected chi connectivity index (χ3v) is 4.78. The summed E-state index contributed by atoms with van der Waals surface area (Å²) in [4.78, 5) is 14.4. The van der Waals surface area contributed by atoms with Crippen LogP contribution in [0.4, 0.5) is 4.79 Å². The van der Waals surface area contributed by atoms with Gasteiger partial charge in [0.05, 0.1) is 6.04 Å². The van der Waals surface area contributed by atoms with Crippen molar-refractivity contribution >= 4 is 6.09 Å². The quantitative estimate of drug-likeness (QED) is 0.767. The van der Waals surface area contributed by atoms with Gasteiger partial charge in [0.2, 0.25) is 0 Å². The molecule has 1 amide bonds. The predicted molar refractivity (Wildman–Crippen MR) is 87.9 cm³/mol. The number of rotatable bonds is 2. The summed E-state index contributed by atoms with van der Waals surface area (Å²) in [5.41, 5.74) is 2.36. The van der Waals surface area contributed by atoms with E-state index in [0.29, 0.717) is 5.92 Å². The molecule has 1 heterocycles. The number of hydrogen-bond acceptors (Lipinski definition) is 2. The molecule has 22 heavy (non-hydrogen) atoms. The molecule has 0 bridgehead atoms. The van der Waals surface area contributed by atoms with E-state index in [0.717, 1.165) is 19.4 Å². The van der Waals surface area contributed by atoms with E-state index in [1.165, 1.54) is 30.4 Å². The highest BCUT2D eigenvalue weighted by atomic mass is 16.6. The number of hydrogen-bond donors (Lipinski definition) is 0. The van der Waals surface area contributed by atoms with Gasteiger partial charge in [0.25, 0.3) is 0 Å². The molecule has 1 aliphatic heterocycles. The molecule has 0 unspecified atom stereocenters. The van der Waals surface area contributed by atoms with Gasteiger partial charge in [-0.3, -0.25) is 0 Å². The van der Waals surface area contributed by atoms with Crippen molar-refractivity contribution in [2.45, 2.75) is 70.4 Å². The van der Waals surface area contributed by atoms with Crippen LogP contribution >= 0.6 is 0 Å². The second-order valence-electron chi connectivity index (χ2n) is 7.59. The van der Waals surface area contributed by atoms with Gasteiger partial charge in [0, 0.05) is 6.54 Å². The molecule has 0 N–H and O–H groups in total. The average molecular weight is 301 g/mol. The van der Waals surface area contributed by atoms with Crippen molar-refractivity contribution in [1.82, 2.24) is 4.90 Å². The predicted octanol–water partition coefficient (Wildman–Crippen LogP) is 5.03. The molecule has 1 atom stereocenters. The highest BCUT2D eigenvalue weighted by Gasteiger charge is 2.35. The Morgan fingerprint density at radius 2 is 1.77 bits per heavy atom. The van der Waals surface area contributed by atoms with E-state index in [1.54, 1.807) is 0 Å². The fraction of sp³-hybridized carbons (Fsp3) is 0.632. The molecule has 0 aromatic heterocycles. The van der Waals surface area contributed by atoms with Gasteiger partial charge in [-0.05, 0) is 63.5 Å². The van der Waals surface area contributed by atoms with Crippen molar-refractivity contribution in [2.24, 2.45) is 0 Å². The molecule has 0 spiro atoms. The van der Waals surface area contributed by atoms with Gasteiger partial charge in [0.1, 0.15) is 5.60 Å². The molecule has 1 aliphatic carbocycles. The first kappa shape index (κ1) is 15.4. The molecule has 1 aromatic carbocycles. The Hall–Kier alpha value is -1.51. The van der Waals surface area contributed by atoms with Gasteiger partial charge in [-0.25, -0.2) is 4.79 Å². The SMILES string of the molecule is CC(C)(C)OC(=O)N1CCC[C@H]1c1ccccc1C1CCC1. The molecule has 1 saturated carbocycles. The summed E-state index contributed by atoms with van der Waals surface area (Å²) in [6, 6.07) is 8.88. The zero-order chi connectivity index (χ0) is 15.7. The number of nitrogens with zero attached hydrogens (tertiary/aromatic N) is 1.